The second-order valence-electron chi connectivity index (χ2n) is 3.47. The van der Waals surface area contributed by atoms with Crippen LogP contribution >= 0.6 is 11.6 Å². The molecule has 2 atom stereocenters. The molecule has 0 bridgehead atoms. The minimum Gasteiger partial charge on any atom is -0.378 e. The molecule has 0 aromatic heterocycles. The second-order valence-corrected chi connectivity index (χ2v) is 3.78. The Hall–Kier alpha value is 0.250. The quantitative estimate of drug-likeness (QED) is 0.599. The van der Waals surface area contributed by atoms with Crippen molar-refractivity contribution in [3.63, 3.8) is 0 Å². The van der Waals surface area contributed by atoms with Gasteiger partial charge in [0.2, 0.25) is 0 Å². The predicted molar refractivity (Wildman–Crippen MR) is 48.1 cm³/mol. The summed E-state index contributed by atoms with van der Waals surface area (Å²) < 4.78 is 5.50. The number of ether oxygens (including phenoxy) is 1. The molecule has 0 radical (unpaired) electrons. The molecule has 2 heteroatoms. The zero-order valence-electron chi connectivity index (χ0n) is 7.18. The maximum Gasteiger partial charge on any atom is 0.0576 e. The van der Waals surface area contributed by atoms with E-state index < -0.39 is 0 Å². The molecule has 1 saturated heterocycles. The molecular weight excluding hydrogens is 160 g/mol. The minimum absolute atomic E-state index is 0.542. The van der Waals surface area contributed by atoms with Gasteiger partial charge in [0.15, 0.2) is 0 Å². The molecule has 0 N–H and O–H groups in total. The molecule has 1 nitrogen and oxygen atoms in total. The van der Waals surface area contributed by atoms with E-state index in [1.54, 1.807) is 0 Å². The highest BCUT2D eigenvalue weighted by Gasteiger charge is 2.15. The Balaban J connectivity index is 2.01. The van der Waals surface area contributed by atoms with Crippen molar-refractivity contribution in [2.45, 2.75) is 38.7 Å². The van der Waals surface area contributed by atoms with E-state index in [4.69, 9.17) is 16.3 Å². The number of hydrogen-bond donors (Lipinski definition) is 0. The van der Waals surface area contributed by atoms with Crippen molar-refractivity contribution in [3.05, 3.63) is 0 Å². The van der Waals surface area contributed by atoms with Crippen LogP contribution in [0.5, 0.6) is 0 Å². The zero-order valence-corrected chi connectivity index (χ0v) is 7.94. The van der Waals surface area contributed by atoms with Crippen molar-refractivity contribution in [2.75, 3.05) is 12.5 Å². The Morgan fingerprint density at radius 2 is 2.45 bits per heavy atom. The highest BCUT2D eigenvalue weighted by atomic mass is 35.5. The normalized spacial score (nSPS) is 27.3. The Morgan fingerprint density at radius 1 is 1.64 bits per heavy atom. The summed E-state index contributed by atoms with van der Waals surface area (Å²) >= 11 is 5.70. The van der Waals surface area contributed by atoms with Crippen LogP contribution in [0.4, 0.5) is 0 Å². The predicted octanol–water partition coefficient (Wildman–Crippen LogP) is 2.82. The highest BCUT2D eigenvalue weighted by molar-refractivity contribution is 6.18. The monoisotopic (exact) mass is 176 g/mol. The van der Waals surface area contributed by atoms with Gasteiger partial charge in [0.1, 0.15) is 0 Å². The molecule has 1 rings (SSSR count). The molecule has 0 saturated carbocycles. The molecule has 1 aliphatic rings. The minimum atomic E-state index is 0.542. The summed E-state index contributed by atoms with van der Waals surface area (Å²) in [6.45, 7) is 3.17. The van der Waals surface area contributed by atoms with Crippen LogP contribution in [-0.4, -0.2) is 18.6 Å². The summed E-state index contributed by atoms with van der Waals surface area (Å²) in [7, 11) is 0. The van der Waals surface area contributed by atoms with Gasteiger partial charge in [-0.2, -0.15) is 0 Å². The Kier molecular flexibility index (Phi) is 4.24. The van der Waals surface area contributed by atoms with E-state index in [0.29, 0.717) is 12.0 Å². The third-order valence-corrected chi connectivity index (χ3v) is 2.80. The number of alkyl halides is 1. The molecule has 0 aliphatic carbocycles. The van der Waals surface area contributed by atoms with Crippen molar-refractivity contribution in [1.82, 2.24) is 0 Å². The molecule has 1 heterocycles. The topological polar surface area (TPSA) is 9.23 Å². The Labute approximate surface area is 74.1 Å². The van der Waals surface area contributed by atoms with Crippen molar-refractivity contribution < 1.29 is 4.74 Å². The van der Waals surface area contributed by atoms with E-state index in [9.17, 15) is 0 Å². The lowest BCUT2D eigenvalue weighted by Gasteiger charge is -2.11. The van der Waals surface area contributed by atoms with Crippen molar-refractivity contribution in [2.24, 2.45) is 5.92 Å². The first-order chi connectivity index (χ1) is 5.33. The molecular formula is C9H17ClO. The van der Waals surface area contributed by atoms with Crippen LogP contribution in [0.25, 0.3) is 0 Å². The fourth-order valence-electron chi connectivity index (χ4n) is 1.42. The van der Waals surface area contributed by atoms with Crippen LogP contribution in [0, 0.1) is 5.92 Å². The van der Waals surface area contributed by atoms with Gasteiger partial charge in [-0.15, -0.1) is 11.6 Å². The van der Waals surface area contributed by atoms with Crippen LogP contribution in [0.15, 0.2) is 0 Å². The fourth-order valence-corrected chi connectivity index (χ4v) is 1.57. The lowest BCUT2D eigenvalue weighted by atomic mass is 10.0. The molecule has 0 aromatic carbocycles. The van der Waals surface area contributed by atoms with Gasteiger partial charge in [-0.25, -0.2) is 0 Å². The highest BCUT2D eigenvalue weighted by Crippen LogP contribution is 2.19. The third kappa shape index (κ3) is 3.44. The average Bonchev–Trinajstić information content (AvgIpc) is 2.52. The van der Waals surface area contributed by atoms with Crippen LogP contribution in [0.1, 0.15) is 32.6 Å². The largest absolute Gasteiger partial charge is 0.378 e. The molecule has 1 aliphatic heterocycles. The fraction of sp³-hybridized carbons (Fsp3) is 1.00. The first-order valence-electron chi connectivity index (χ1n) is 4.50. The van der Waals surface area contributed by atoms with Gasteiger partial charge in [0.25, 0.3) is 0 Å². The third-order valence-electron chi connectivity index (χ3n) is 2.27. The first kappa shape index (κ1) is 9.34. The van der Waals surface area contributed by atoms with Gasteiger partial charge in [0.05, 0.1) is 6.10 Å². The summed E-state index contributed by atoms with van der Waals surface area (Å²) in [5.41, 5.74) is 0. The van der Waals surface area contributed by atoms with Crippen LogP contribution < -0.4 is 0 Å². The van der Waals surface area contributed by atoms with E-state index in [1.807, 2.05) is 0 Å². The van der Waals surface area contributed by atoms with Gasteiger partial charge in [0, 0.05) is 12.5 Å². The van der Waals surface area contributed by atoms with Gasteiger partial charge in [-0.05, 0) is 31.6 Å². The lowest BCUT2D eigenvalue weighted by molar-refractivity contribution is 0.0995. The molecule has 0 aromatic rings. The van der Waals surface area contributed by atoms with Crippen LogP contribution in [0.2, 0.25) is 0 Å². The summed E-state index contributed by atoms with van der Waals surface area (Å²) in [6, 6.07) is 0. The number of rotatable bonds is 4. The van der Waals surface area contributed by atoms with Crippen molar-refractivity contribution in [3.8, 4) is 0 Å². The van der Waals surface area contributed by atoms with E-state index in [2.05, 4.69) is 6.92 Å². The van der Waals surface area contributed by atoms with Crippen molar-refractivity contribution in [1.29, 1.82) is 0 Å². The Morgan fingerprint density at radius 3 is 3.00 bits per heavy atom. The number of hydrogen-bond acceptors (Lipinski definition) is 1. The molecule has 0 spiro atoms. The van der Waals surface area contributed by atoms with Gasteiger partial charge in [-0.1, -0.05) is 6.92 Å². The average molecular weight is 177 g/mol. The smallest absolute Gasteiger partial charge is 0.0576 e. The lowest BCUT2D eigenvalue weighted by Crippen LogP contribution is -2.07. The summed E-state index contributed by atoms with van der Waals surface area (Å²) in [5, 5.41) is 0. The maximum absolute atomic E-state index is 5.70. The molecule has 0 amide bonds. The zero-order chi connectivity index (χ0) is 8.10. The second kappa shape index (κ2) is 5.00. The summed E-state index contributed by atoms with van der Waals surface area (Å²) in [6.07, 6.45) is 5.47. The van der Waals surface area contributed by atoms with Crippen LogP contribution in [-0.2, 0) is 4.74 Å². The van der Waals surface area contributed by atoms with Gasteiger partial charge < -0.3 is 4.74 Å². The maximum atomic E-state index is 5.70. The van der Waals surface area contributed by atoms with Crippen LogP contribution in [0.3, 0.4) is 0 Å². The Bertz CT molecular complexity index is 99.7. The van der Waals surface area contributed by atoms with E-state index in [1.165, 1.54) is 25.7 Å². The van der Waals surface area contributed by atoms with E-state index in [-0.39, 0.29) is 0 Å². The van der Waals surface area contributed by atoms with Crippen molar-refractivity contribution >= 4 is 11.6 Å². The molecule has 66 valence electrons. The standard InChI is InChI=1S/C9H17ClO/c1-8(7-10)4-5-9-3-2-6-11-9/h8-9H,2-7H2,1H3. The number of halogens is 1. The molecule has 11 heavy (non-hydrogen) atoms. The SMILES string of the molecule is CC(CCl)CCC1CCCO1. The molecule has 1 fully saturated rings. The summed E-state index contributed by atoms with van der Waals surface area (Å²) in [5.74, 6) is 1.44. The first-order valence-corrected chi connectivity index (χ1v) is 5.04. The van der Waals surface area contributed by atoms with Gasteiger partial charge in [-0.3, -0.25) is 0 Å². The van der Waals surface area contributed by atoms with E-state index in [0.717, 1.165) is 12.5 Å². The van der Waals surface area contributed by atoms with Gasteiger partial charge >= 0.3 is 0 Å². The molecule has 2 unspecified atom stereocenters. The van der Waals surface area contributed by atoms with E-state index >= 15 is 0 Å². The summed E-state index contributed by atoms with van der Waals surface area (Å²) in [4.78, 5) is 0.